The van der Waals surface area contributed by atoms with Crippen LogP contribution in [0.5, 0.6) is 11.5 Å². The van der Waals surface area contributed by atoms with E-state index in [0.717, 1.165) is 5.56 Å². The number of benzene rings is 2. The van der Waals surface area contributed by atoms with E-state index in [1.807, 2.05) is 24.3 Å². The van der Waals surface area contributed by atoms with Gasteiger partial charge in [-0.05, 0) is 29.3 Å². The number of hydroxylamine groups is 1. The molecule has 0 fully saturated rings. The third-order valence-corrected chi connectivity index (χ3v) is 2.96. The van der Waals surface area contributed by atoms with Crippen LogP contribution in [0.15, 0.2) is 42.5 Å². The van der Waals surface area contributed by atoms with E-state index in [4.69, 9.17) is 14.7 Å². The first-order chi connectivity index (χ1) is 9.29. The highest BCUT2D eigenvalue weighted by Gasteiger charge is 2.16. The fourth-order valence-electron chi connectivity index (χ4n) is 2.06. The Bertz CT molecular complexity index is 639. The molecule has 1 amide bonds. The molecule has 0 radical (unpaired) electrons. The van der Waals surface area contributed by atoms with Gasteiger partial charge in [-0.25, -0.2) is 5.48 Å². The fraction of sp³-hybridized carbons (Fsp3) is 0.0714. The zero-order valence-corrected chi connectivity index (χ0v) is 9.92. The number of carbonyl (C=O) groups excluding carboxylic acids is 1. The molecule has 2 N–H and O–H groups in total. The summed E-state index contributed by atoms with van der Waals surface area (Å²) in [4.78, 5) is 11.6. The van der Waals surface area contributed by atoms with E-state index in [0.29, 0.717) is 22.6 Å². The Balaban J connectivity index is 2.09. The van der Waals surface area contributed by atoms with Crippen molar-refractivity contribution >= 4 is 5.91 Å². The first kappa shape index (κ1) is 11.6. The molecule has 0 saturated heterocycles. The number of hydrogen-bond donors (Lipinski definition) is 2. The van der Waals surface area contributed by atoms with Crippen LogP contribution in [0.1, 0.15) is 10.4 Å². The fourth-order valence-corrected chi connectivity index (χ4v) is 2.06. The highest BCUT2D eigenvalue weighted by molar-refractivity contribution is 6.00. The molecule has 1 aliphatic heterocycles. The predicted molar refractivity (Wildman–Crippen MR) is 67.3 cm³/mol. The molecule has 0 aliphatic carbocycles. The first-order valence-electron chi connectivity index (χ1n) is 5.73. The highest BCUT2D eigenvalue weighted by Crippen LogP contribution is 2.36. The Hall–Kier alpha value is -2.53. The van der Waals surface area contributed by atoms with E-state index in [1.165, 1.54) is 0 Å². The Morgan fingerprint density at radius 2 is 1.89 bits per heavy atom. The summed E-state index contributed by atoms with van der Waals surface area (Å²) in [6.45, 7) is 0.206. The molecular formula is C14H11NO4. The minimum Gasteiger partial charge on any atom is -0.454 e. The van der Waals surface area contributed by atoms with E-state index < -0.39 is 5.91 Å². The third kappa shape index (κ3) is 2.00. The standard InChI is InChI=1S/C14H11NO4/c16-14(15-17)11-4-2-1-3-10(11)9-5-6-12-13(7-9)19-8-18-12/h1-7,17H,8H2,(H,15,16). The van der Waals surface area contributed by atoms with Crippen molar-refractivity contribution in [3.63, 3.8) is 0 Å². The maximum atomic E-state index is 11.6. The topological polar surface area (TPSA) is 67.8 Å². The molecule has 1 heterocycles. The molecule has 0 bridgehead atoms. The molecule has 1 aliphatic rings. The van der Waals surface area contributed by atoms with Crippen LogP contribution in [-0.2, 0) is 0 Å². The summed E-state index contributed by atoms with van der Waals surface area (Å²) in [6.07, 6.45) is 0. The number of fused-ring (bicyclic) bond motifs is 1. The van der Waals surface area contributed by atoms with Crippen molar-refractivity contribution in [2.45, 2.75) is 0 Å². The Morgan fingerprint density at radius 1 is 1.11 bits per heavy atom. The Labute approximate surface area is 109 Å². The van der Waals surface area contributed by atoms with E-state index in [-0.39, 0.29) is 6.79 Å². The second-order valence-corrected chi connectivity index (χ2v) is 4.05. The summed E-state index contributed by atoms with van der Waals surface area (Å²) >= 11 is 0. The van der Waals surface area contributed by atoms with Gasteiger partial charge in [0, 0.05) is 5.56 Å². The minimum absolute atomic E-state index is 0.206. The van der Waals surface area contributed by atoms with Crippen LogP contribution in [0, 0.1) is 0 Å². The summed E-state index contributed by atoms with van der Waals surface area (Å²) in [5.41, 5.74) is 3.58. The molecule has 0 aromatic heterocycles. The molecule has 96 valence electrons. The molecule has 3 rings (SSSR count). The van der Waals surface area contributed by atoms with E-state index in [9.17, 15) is 4.79 Å². The summed E-state index contributed by atoms with van der Waals surface area (Å²) in [5, 5.41) is 8.77. The van der Waals surface area contributed by atoms with Gasteiger partial charge >= 0.3 is 0 Å². The average molecular weight is 257 g/mol. The van der Waals surface area contributed by atoms with E-state index in [1.54, 1.807) is 23.7 Å². The number of rotatable bonds is 2. The lowest BCUT2D eigenvalue weighted by Gasteiger charge is -2.08. The summed E-state index contributed by atoms with van der Waals surface area (Å²) in [6, 6.07) is 12.5. The van der Waals surface area contributed by atoms with Gasteiger partial charge in [0.25, 0.3) is 5.91 Å². The van der Waals surface area contributed by atoms with Crippen LogP contribution in [-0.4, -0.2) is 17.9 Å². The van der Waals surface area contributed by atoms with Gasteiger partial charge in [-0.3, -0.25) is 10.0 Å². The van der Waals surface area contributed by atoms with Crippen LogP contribution in [0.2, 0.25) is 0 Å². The number of carbonyl (C=O) groups is 1. The summed E-state index contributed by atoms with van der Waals surface area (Å²) < 4.78 is 10.6. The van der Waals surface area contributed by atoms with E-state index >= 15 is 0 Å². The molecule has 19 heavy (non-hydrogen) atoms. The van der Waals surface area contributed by atoms with Gasteiger partial charge in [-0.2, -0.15) is 0 Å². The summed E-state index contributed by atoms with van der Waals surface area (Å²) in [5.74, 6) is 0.790. The van der Waals surface area contributed by atoms with Crippen molar-refractivity contribution in [3.05, 3.63) is 48.0 Å². The largest absolute Gasteiger partial charge is 0.454 e. The zero-order chi connectivity index (χ0) is 13.2. The number of hydrogen-bond acceptors (Lipinski definition) is 4. The van der Waals surface area contributed by atoms with Gasteiger partial charge < -0.3 is 9.47 Å². The normalized spacial score (nSPS) is 12.3. The van der Waals surface area contributed by atoms with Crippen LogP contribution in [0.3, 0.4) is 0 Å². The van der Waals surface area contributed by atoms with Crippen LogP contribution >= 0.6 is 0 Å². The van der Waals surface area contributed by atoms with Gasteiger partial charge in [-0.1, -0.05) is 24.3 Å². The van der Waals surface area contributed by atoms with Crippen molar-refractivity contribution < 1.29 is 19.5 Å². The van der Waals surface area contributed by atoms with Gasteiger partial charge in [0.05, 0.1) is 0 Å². The van der Waals surface area contributed by atoms with Crippen molar-refractivity contribution in [2.24, 2.45) is 0 Å². The smallest absolute Gasteiger partial charge is 0.275 e. The minimum atomic E-state index is -0.548. The maximum absolute atomic E-state index is 11.6. The second kappa shape index (κ2) is 4.62. The SMILES string of the molecule is O=C(NO)c1ccccc1-c1ccc2c(c1)OCO2. The molecule has 5 nitrogen and oxygen atoms in total. The number of nitrogens with one attached hydrogen (secondary N) is 1. The van der Waals surface area contributed by atoms with Crippen molar-refractivity contribution in [2.75, 3.05) is 6.79 Å². The average Bonchev–Trinajstić information content (AvgIpc) is 2.93. The lowest BCUT2D eigenvalue weighted by Crippen LogP contribution is -2.19. The monoisotopic (exact) mass is 257 g/mol. The van der Waals surface area contributed by atoms with Gasteiger partial charge in [0.15, 0.2) is 11.5 Å². The summed E-state index contributed by atoms with van der Waals surface area (Å²) in [7, 11) is 0. The maximum Gasteiger partial charge on any atom is 0.275 e. The third-order valence-electron chi connectivity index (χ3n) is 2.96. The quantitative estimate of drug-likeness (QED) is 0.639. The number of ether oxygens (including phenoxy) is 2. The molecule has 2 aromatic rings. The van der Waals surface area contributed by atoms with Crippen molar-refractivity contribution in [1.29, 1.82) is 0 Å². The van der Waals surface area contributed by atoms with Crippen molar-refractivity contribution in [1.82, 2.24) is 5.48 Å². The first-order valence-corrected chi connectivity index (χ1v) is 5.73. The molecular weight excluding hydrogens is 246 g/mol. The second-order valence-electron chi connectivity index (χ2n) is 4.05. The molecule has 0 saturated carbocycles. The van der Waals surface area contributed by atoms with Gasteiger partial charge in [0.1, 0.15) is 0 Å². The molecule has 0 atom stereocenters. The highest BCUT2D eigenvalue weighted by atomic mass is 16.7. The number of amides is 1. The van der Waals surface area contributed by atoms with Crippen LogP contribution in [0.4, 0.5) is 0 Å². The predicted octanol–water partition coefficient (Wildman–Crippen LogP) is 2.20. The molecule has 5 heteroatoms. The Kier molecular flexibility index (Phi) is 2.81. The van der Waals surface area contributed by atoms with Crippen LogP contribution < -0.4 is 15.0 Å². The van der Waals surface area contributed by atoms with E-state index in [2.05, 4.69) is 0 Å². The van der Waals surface area contributed by atoms with Gasteiger partial charge in [0.2, 0.25) is 6.79 Å². The van der Waals surface area contributed by atoms with Crippen LogP contribution in [0.25, 0.3) is 11.1 Å². The lowest BCUT2D eigenvalue weighted by atomic mass is 9.99. The Morgan fingerprint density at radius 3 is 2.74 bits per heavy atom. The lowest BCUT2D eigenvalue weighted by molar-refractivity contribution is 0.0707. The molecule has 0 spiro atoms. The molecule has 0 unspecified atom stereocenters. The van der Waals surface area contributed by atoms with Crippen molar-refractivity contribution in [3.8, 4) is 22.6 Å². The van der Waals surface area contributed by atoms with Gasteiger partial charge in [-0.15, -0.1) is 0 Å². The molecule has 2 aromatic carbocycles. The zero-order valence-electron chi connectivity index (χ0n) is 9.92.